The molecule has 0 saturated heterocycles. The van der Waals surface area contributed by atoms with Crippen molar-refractivity contribution in [3.8, 4) is 11.6 Å². The van der Waals surface area contributed by atoms with E-state index in [1.807, 2.05) is 24.3 Å². The largest absolute Gasteiger partial charge is 0.438 e. The summed E-state index contributed by atoms with van der Waals surface area (Å²) in [5, 5.41) is 5.19. The first-order chi connectivity index (χ1) is 15.3. The average Bonchev–Trinajstić information content (AvgIpc) is 2.76. The first kappa shape index (κ1) is 21.4. The van der Waals surface area contributed by atoms with Gasteiger partial charge in [0, 0.05) is 11.4 Å². The second-order valence-corrected chi connectivity index (χ2v) is 7.00. The predicted octanol–water partition coefficient (Wildman–Crippen LogP) is 6.74. The summed E-state index contributed by atoms with van der Waals surface area (Å²) in [6.07, 6.45) is -3.23. The van der Waals surface area contributed by atoms with Crippen molar-refractivity contribution in [2.24, 2.45) is 0 Å². The highest BCUT2D eigenvalue weighted by Gasteiger charge is 2.33. The number of hydrogen-bond donors (Lipinski definition) is 2. The number of nitrogens with zero attached hydrogens (tertiary/aromatic N) is 2. The zero-order valence-corrected chi connectivity index (χ0v) is 16.9. The highest BCUT2D eigenvalue weighted by atomic mass is 35.5. The lowest BCUT2D eigenvalue weighted by Crippen LogP contribution is -2.19. The molecule has 2 amide bonds. The van der Waals surface area contributed by atoms with E-state index in [9.17, 15) is 18.0 Å². The van der Waals surface area contributed by atoms with Gasteiger partial charge in [-0.25, -0.2) is 14.8 Å². The second-order valence-electron chi connectivity index (χ2n) is 6.59. The van der Waals surface area contributed by atoms with Crippen LogP contribution in [0.5, 0.6) is 11.6 Å². The summed E-state index contributed by atoms with van der Waals surface area (Å²) < 4.78 is 44.7. The number of amides is 2. The Kier molecular flexibility index (Phi) is 5.83. The van der Waals surface area contributed by atoms with Crippen LogP contribution in [-0.4, -0.2) is 16.0 Å². The van der Waals surface area contributed by atoms with Gasteiger partial charge >= 0.3 is 12.2 Å². The van der Waals surface area contributed by atoms with Gasteiger partial charge in [-0.2, -0.15) is 13.2 Å². The number of ether oxygens (including phenoxy) is 1. The number of hydrogen-bond acceptors (Lipinski definition) is 4. The number of anilines is 2. The van der Waals surface area contributed by atoms with Gasteiger partial charge in [0.2, 0.25) is 5.88 Å². The average molecular weight is 459 g/mol. The molecule has 0 bridgehead atoms. The minimum atomic E-state index is -4.63. The van der Waals surface area contributed by atoms with Gasteiger partial charge in [0.25, 0.3) is 0 Å². The fraction of sp³-hybridized carbons (Fsp3) is 0.0455. The number of halogens is 4. The molecular formula is C22H14ClF3N4O2. The van der Waals surface area contributed by atoms with Gasteiger partial charge in [0.1, 0.15) is 12.1 Å². The fourth-order valence-corrected chi connectivity index (χ4v) is 3.12. The van der Waals surface area contributed by atoms with Gasteiger partial charge < -0.3 is 15.4 Å². The maximum atomic E-state index is 13.0. The van der Waals surface area contributed by atoms with E-state index >= 15 is 0 Å². The van der Waals surface area contributed by atoms with Gasteiger partial charge in [-0.1, -0.05) is 23.7 Å². The van der Waals surface area contributed by atoms with Crippen LogP contribution >= 0.6 is 11.6 Å². The smallest absolute Gasteiger partial charge is 0.417 e. The zero-order chi connectivity index (χ0) is 22.7. The predicted molar refractivity (Wildman–Crippen MR) is 115 cm³/mol. The van der Waals surface area contributed by atoms with Crippen LogP contribution in [0.25, 0.3) is 10.9 Å². The molecule has 162 valence electrons. The van der Waals surface area contributed by atoms with Crippen molar-refractivity contribution in [2.45, 2.75) is 6.18 Å². The van der Waals surface area contributed by atoms with Crippen LogP contribution in [0.15, 0.2) is 73.1 Å². The Bertz CT molecular complexity index is 1280. The van der Waals surface area contributed by atoms with E-state index in [0.717, 1.165) is 23.0 Å². The van der Waals surface area contributed by atoms with E-state index in [4.69, 9.17) is 16.3 Å². The lowest BCUT2D eigenvalue weighted by Gasteiger charge is -2.12. The first-order valence-corrected chi connectivity index (χ1v) is 9.60. The molecule has 0 aliphatic heterocycles. The van der Waals surface area contributed by atoms with E-state index in [2.05, 4.69) is 20.6 Å². The molecule has 0 unspecified atom stereocenters. The lowest BCUT2D eigenvalue weighted by molar-refractivity contribution is -0.137. The molecule has 0 atom stereocenters. The zero-order valence-electron chi connectivity index (χ0n) is 16.2. The monoisotopic (exact) mass is 458 g/mol. The Morgan fingerprint density at radius 1 is 0.906 bits per heavy atom. The standard InChI is InChI=1S/C22H14ClF3N4O2/c23-18-10-7-14(11-17(18)22(24,25)26)30-21(31)29-13-5-8-15(9-6-13)32-20-16-3-1-2-4-19(16)27-12-28-20/h1-12H,(H2,29,30,31). The van der Waals surface area contributed by atoms with Crippen LogP contribution in [0.4, 0.5) is 29.3 Å². The Labute approximate surface area is 185 Å². The Morgan fingerprint density at radius 3 is 2.34 bits per heavy atom. The molecular weight excluding hydrogens is 445 g/mol. The van der Waals surface area contributed by atoms with Crippen molar-refractivity contribution in [2.75, 3.05) is 10.6 Å². The molecule has 0 aliphatic rings. The van der Waals surface area contributed by atoms with Crippen LogP contribution in [0, 0.1) is 0 Å². The van der Waals surface area contributed by atoms with Gasteiger partial charge in [-0.3, -0.25) is 0 Å². The SMILES string of the molecule is O=C(Nc1ccc(Oc2ncnc3ccccc23)cc1)Nc1ccc(Cl)c(C(F)(F)F)c1. The van der Waals surface area contributed by atoms with Crippen molar-refractivity contribution >= 4 is 39.9 Å². The molecule has 32 heavy (non-hydrogen) atoms. The topological polar surface area (TPSA) is 76.1 Å². The van der Waals surface area contributed by atoms with Crippen molar-refractivity contribution in [3.05, 3.63) is 83.6 Å². The van der Waals surface area contributed by atoms with E-state index in [-0.39, 0.29) is 5.69 Å². The van der Waals surface area contributed by atoms with Crippen molar-refractivity contribution in [3.63, 3.8) is 0 Å². The first-order valence-electron chi connectivity index (χ1n) is 9.22. The molecule has 6 nitrogen and oxygen atoms in total. The third kappa shape index (κ3) is 4.89. The number of para-hydroxylation sites is 1. The number of aromatic nitrogens is 2. The van der Waals surface area contributed by atoms with Gasteiger partial charge in [0.05, 0.1) is 21.5 Å². The Hall–Kier alpha value is -3.85. The summed E-state index contributed by atoms with van der Waals surface area (Å²) in [6, 6.07) is 16.2. The van der Waals surface area contributed by atoms with E-state index in [1.165, 1.54) is 12.4 Å². The van der Waals surface area contributed by atoms with E-state index in [1.54, 1.807) is 24.3 Å². The molecule has 4 rings (SSSR count). The Morgan fingerprint density at radius 2 is 1.59 bits per heavy atom. The summed E-state index contributed by atoms with van der Waals surface area (Å²) in [5.41, 5.74) is 0.0706. The maximum absolute atomic E-state index is 13.0. The minimum absolute atomic E-state index is 0.0465. The van der Waals surface area contributed by atoms with Gasteiger partial charge in [0.15, 0.2) is 0 Å². The van der Waals surface area contributed by atoms with Crippen LogP contribution in [0.1, 0.15) is 5.56 Å². The van der Waals surface area contributed by atoms with Crippen molar-refractivity contribution in [1.82, 2.24) is 9.97 Å². The third-order valence-electron chi connectivity index (χ3n) is 4.36. The minimum Gasteiger partial charge on any atom is -0.438 e. The molecule has 2 N–H and O–H groups in total. The van der Waals surface area contributed by atoms with E-state index < -0.39 is 22.8 Å². The number of nitrogens with one attached hydrogen (secondary N) is 2. The summed E-state index contributed by atoms with van der Waals surface area (Å²) in [7, 11) is 0. The number of carbonyl (C=O) groups excluding carboxylic acids is 1. The third-order valence-corrected chi connectivity index (χ3v) is 4.69. The van der Waals surface area contributed by atoms with Gasteiger partial charge in [-0.05, 0) is 54.6 Å². The summed E-state index contributed by atoms with van der Waals surface area (Å²) in [4.78, 5) is 20.5. The van der Waals surface area contributed by atoms with Crippen LogP contribution in [0.2, 0.25) is 5.02 Å². The molecule has 3 aromatic carbocycles. The molecule has 0 spiro atoms. The molecule has 1 aromatic heterocycles. The molecule has 10 heteroatoms. The number of alkyl halides is 3. The fourth-order valence-electron chi connectivity index (χ4n) is 2.89. The molecule has 0 radical (unpaired) electrons. The quantitative estimate of drug-likeness (QED) is 0.355. The van der Waals surface area contributed by atoms with Crippen molar-refractivity contribution in [1.29, 1.82) is 0 Å². The van der Waals surface area contributed by atoms with Crippen molar-refractivity contribution < 1.29 is 22.7 Å². The number of benzene rings is 3. The number of fused-ring (bicyclic) bond motifs is 1. The summed E-state index contributed by atoms with van der Waals surface area (Å²) >= 11 is 5.58. The summed E-state index contributed by atoms with van der Waals surface area (Å²) in [6.45, 7) is 0. The lowest BCUT2D eigenvalue weighted by atomic mass is 10.2. The van der Waals surface area contributed by atoms with E-state index in [0.29, 0.717) is 17.3 Å². The number of rotatable bonds is 4. The van der Waals surface area contributed by atoms with Crippen LogP contribution < -0.4 is 15.4 Å². The molecule has 4 aromatic rings. The number of carbonyl (C=O) groups is 1. The highest BCUT2D eigenvalue weighted by Crippen LogP contribution is 2.36. The maximum Gasteiger partial charge on any atom is 0.417 e. The summed E-state index contributed by atoms with van der Waals surface area (Å²) in [5.74, 6) is 0.865. The normalized spacial score (nSPS) is 11.2. The highest BCUT2D eigenvalue weighted by molar-refractivity contribution is 6.31. The van der Waals surface area contributed by atoms with Crippen LogP contribution in [-0.2, 0) is 6.18 Å². The second kappa shape index (κ2) is 8.72. The molecule has 1 heterocycles. The molecule has 0 aliphatic carbocycles. The molecule has 0 fully saturated rings. The van der Waals surface area contributed by atoms with Crippen LogP contribution in [0.3, 0.4) is 0 Å². The number of urea groups is 1. The van der Waals surface area contributed by atoms with Gasteiger partial charge in [-0.15, -0.1) is 0 Å². The Balaban J connectivity index is 1.42. The molecule has 0 saturated carbocycles.